The minimum absolute atomic E-state index is 0.242. The fraction of sp³-hybridized carbons (Fsp3) is 0.294. The third-order valence-electron chi connectivity index (χ3n) is 3.57. The molecule has 2 aromatic rings. The van der Waals surface area contributed by atoms with Crippen molar-refractivity contribution in [3.63, 3.8) is 0 Å². The Kier molecular flexibility index (Phi) is 4.40. The molecule has 0 radical (unpaired) electrons. The molecule has 0 heterocycles. The van der Waals surface area contributed by atoms with Crippen molar-refractivity contribution in [2.24, 2.45) is 5.73 Å². The van der Waals surface area contributed by atoms with E-state index < -0.39 is 0 Å². The quantitative estimate of drug-likeness (QED) is 0.917. The highest BCUT2D eigenvalue weighted by Crippen LogP contribution is 2.28. The Morgan fingerprint density at radius 1 is 1.15 bits per heavy atom. The zero-order valence-electron chi connectivity index (χ0n) is 12.2. The second-order valence-corrected chi connectivity index (χ2v) is 5.24. The second kappa shape index (κ2) is 6.06. The van der Waals surface area contributed by atoms with Crippen LogP contribution in [0.3, 0.4) is 0 Å². The van der Waals surface area contributed by atoms with Gasteiger partial charge < -0.3 is 10.6 Å². The number of nitrogens with two attached hydrogens (primary N) is 1. The zero-order valence-corrected chi connectivity index (χ0v) is 12.2. The van der Waals surface area contributed by atoms with Gasteiger partial charge in [0, 0.05) is 30.9 Å². The van der Waals surface area contributed by atoms with Crippen LogP contribution in [-0.2, 0) is 6.54 Å². The second-order valence-electron chi connectivity index (χ2n) is 5.24. The molecule has 2 aromatic carbocycles. The van der Waals surface area contributed by atoms with Gasteiger partial charge in [0.25, 0.3) is 0 Å². The van der Waals surface area contributed by atoms with Crippen LogP contribution in [0.1, 0.15) is 29.7 Å². The van der Waals surface area contributed by atoms with Gasteiger partial charge >= 0.3 is 0 Å². The van der Waals surface area contributed by atoms with Gasteiger partial charge in [0.2, 0.25) is 0 Å². The molecule has 0 amide bonds. The molecule has 1 atom stereocenters. The molecule has 0 aliphatic heterocycles. The van der Waals surface area contributed by atoms with Crippen molar-refractivity contribution in [1.29, 1.82) is 0 Å². The van der Waals surface area contributed by atoms with E-state index >= 15 is 0 Å². The van der Waals surface area contributed by atoms with Crippen molar-refractivity contribution in [2.45, 2.75) is 26.4 Å². The molecule has 0 saturated carbocycles. The Morgan fingerprint density at radius 3 is 2.50 bits per heavy atom. The summed E-state index contributed by atoms with van der Waals surface area (Å²) in [6.07, 6.45) is 0. The highest BCUT2D eigenvalue weighted by atomic mass is 19.1. The summed E-state index contributed by atoms with van der Waals surface area (Å²) in [4.78, 5) is 2.05. The van der Waals surface area contributed by atoms with Crippen molar-refractivity contribution in [1.82, 2.24) is 0 Å². The molecule has 0 fully saturated rings. The summed E-state index contributed by atoms with van der Waals surface area (Å²) < 4.78 is 14.0. The molecular weight excluding hydrogens is 251 g/mol. The number of hydrogen-bond donors (Lipinski definition) is 1. The van der Waals surface area contributed by atoms with Gasteiger partial charge in [-0.15, -0.1) is 0 Å². The van der Waals surface area contributed by atoms with Gasteiger partial charge in [-0.1, -0.05) is 30.3 Å². The molecule has 3 heteroatoms. The predicted molar refractivity (Wildman–Crippen MR) is 82.3 cm³/mol. The summed E-state index contributed by atoms with van der Waals surface area (Å²) in [7, 11) is 1.97. The number of aryl methyl sites for hydroxylation is 1. The van der Waals surface area contributed by atoms with Crippen molar-refractivity contribution in [3.05, 3.63) is 65.0 Å². The lowest BCUT2D eigenvalue weighted by Crippen LogP contribution is -2.21. The van der Waals surface area contributed by atoms with Crippen LogP contribution in [0.25, 0.3) is 0 Å². The molecule has 2 rings (SSSR count). The molecule has 1 unspecified atom stereocenters. The standard InChI is InChI=1S/C17H21FN2/c1-12-7-4-5-8-14(12)11-20(3)16-10-6-9-15(18)17(16)13(2)19/h4-10,13H,11,19H2,1-3H3. The molecule has 0 aromatic heterocycles. The van der Waals surface area contributed by atoms with Gasteiger partial charge in [0.05, 0.1) is 0 Å². The van der Waals surface area contributed by atoms with Gasteiger partial charge in [-0.25, -0.2) is 4.39 Å². The predicted octanol–water partition coefficient (Wildman–Crippen LogP) is 3.79. The van der Waals surface area contributed by atoms with Gasteiger partial charge in [0.15, 0.2) is 0 Å². The summed E-state index contributed by atoms with van der Waals surface area (Å²) in [6.45, 7) is 4.63. The van der Waals surface area contributed by atoms with Crippen LogP contribution in [0.5, 0.6) is 0 Å². The molecule has 2 nitrogen and oxygen atoms in total. The molecule has 20 heavy (non-hydrogen) atoms. The first kappa shape index (κ1) is 14.5. The lowest BCUT2D eigenvalue weighted by atomic mass is 10.0. The number of hydrogen-bond acceptors (Lipinski definition) is 2. The SMILES string of the molecule is Cc1ccccc1CN(C)c1cccc(F)c1C(C)N. The van der Waals surface area contributed by atoms with Crippen molar-refractivity contribution >= 4 is 5.69 Å². The molecule has 106 valence electrons. The van der Waals surface area contributed by atoms with E-state index in [1.165, 1.54) is 17.2 Å². The molecule has 0 aliphatic carbocycles. The van der Waals surface area contributed by atoms with Crippen LogP contribution in [0.15, 0.2) is 42.5 Å². The van der Waals surface area contributed by atoms with Crippen molar-refractivity contribution in [2.75, 3.05) is 11.9 Å². The number of rotatable bonds is 4. The Balaban J connectivity index is 2.33. The van der Waals surface area contributed by atoms with Crippen LogP contribution in [0.4, 0.5) is 10.1 Å². The maximum absolute atomic E-state index is 14.0. The molecule has 2 N–H and O–H groups in total. The van der Waals surface area contributed by atoms with Crippen LogP contribution in [0.2, 0.25) is 0 Å². The van der Waals surface area contributed by atoms with Crippen LogP contribution >= 0.6 is 0 Å². The largest absolute Gasteiger partial charge is 0.370 e. The molecule has 0 saturated heterocycles. The molecule has 0 aliphatic rings. The van der Waals surface area contributed by atoms with E-state index in [9.17, 15) is 4.39 Å². The summed E-state index contributed by atoms with van der Waals surface area (Å²) in [5.41, 5.74) is 9.80. The fourth-order valence-electron chi connectivity index (χ4n) is 2.44. The fourth-order valence-corrected chi connectivity index (χ4v) is 2.44. The van der Waals surface area contributed by atoms with E-state index in [1.807, 2.05) is 37.1 Å². The summed E-state index contributed by atoms with van der Waals surface area (Å²) in [5, 5.41) is 0. The number of nitrogens with zero attached hydrogens (tertiary/aromatic N) is 1. The Bertz CT molecular complexity index is 593. The lowest BCUT2D eigenvalue weighted by Gasteiger charge is -2.25. The van der Waals surface area contributed by atoms with E-state index in [4.69, 9.17) is 5.73 Å². The topological polar surface area (TPSA) is 29.3 Å². The van der Waals surface area contributed by atoms with E-state index in [-0.39, 0.29) is 11.9 Å². The van der Waals surface area contributed by atoms with Gasteiger partial charge in [-0.3, -0.25) is 0 Å². The van der Waals surface area contributed by atoms with Gasteiger partial charge in [-0.2, -0.15) is 0 Å². The van der Waals surface area contributed by atoms with Gasteiger partial charge in [0.1, 0.15) is 5.82 Å². The Labute approximate surface area is 120 Å². The summed E-state index contributed by atoms with van der Waals surface area (Å²) >= 11 is 0. The summed E-state index contributed by atoms with van der Waals surface area (Å²) in [6, 6.07) is 13.0. The van der Waals surface area contributed by atoms with E-state index in [1.54, 1.807) is 6.07 Å². The lowest BCUT2D eigenvalue weighted by molar-refractivity contribution is 0.592. The zero-order chi connectivity index (χ0) is 14.7. The first-order chi connectivity index (χ1) is 9.50. The normalized spacial score (nSPS) is 12.2. The van der Waals surface area contributed by atoms with E-state index in [0.29, 0.717) is 5.56 Å². The Hall–Kier alpha value is -1.87. The van der Waals surface area contributed by atoms with Crippen LogP contribution in [0, 0.1) is 12.7 Å². The number of benzene rings is 2. The van der Waals surface area contributed by atoms with Crippen molar-refractivity contribution < 1.29 is 4.39 Å². The maximum atomic E-state index is 14.0. The average Bonchev–Trinajstić information content (AvgIpc) is 2.40. The third-order valence-corrected chi connectivity index (χ3v) is 3.57. The van der Waals surface area contributed by atoms with Crippen molar-refractivity contribution in [3.8, 4) is 0 Å². The minimum atomic E-state index is -0.328. The monoisotopic (exact) mass is 272 g/mol. The first-order valence-corrected chi connectivity index (χ1v) is 6.80. The van der Waals surface area contributed by atoms with Gasteiger partial charge in [-0.05, 0) is 37.1 Å². The third kappa shape index (κ3) is 2.99. The number of halogens is 1. The van der Waals surface area contributed by atoms with E-state index in [0.717, 1.165) is 12.2 Å². The number of anilines is 1. The van der Waals surface area contributed by atoms with E-state index in [2.05, 4.69) is 19.1 Å². The average molecular weight is 272 g/mol. The molecule has 0 bridgehead atoms. The smallest absolute Gasteiger partial charge is 0.130 e. The van der Waals surface area contributed by atoms with Crippen LogP contribution in [-0.4, -0.2) is 7.05 Å². The minimum Gasteiger partial charge on any atom is -0.370 e. The summed E-state index contributed by atoms with van der Waals surface area (Å²) in [5.74, 6) is -0.242. The molecule has 0 spiro atoms. The first-order valence-electron chi connectivity index (χ1n) is 6.80. The molecular formula is C17H21FN2. The highest BCUT2D eigenvalue weighted by molar-refractivity contribution is 5.55. The van der Waals surface area contributed by atoms with Crippen LogP contribution < -0.4 is 10.6 Å². The Morgan fingerprint density at radius 2 is 1.85 bits per heavy atom. The maximum Gasteiger partial charge on any atom is 0.130 e. The highest BCUT2D eigenvalue weighted by Gasteiger charge is 2.15.